The molecule has 4 atom stereocenters. The molecule has 0 radical (unpaired) electrons. The van der Waals surface area contributed by atoms with Crippen LogP contribution in [-0.4, -0.2) is 41.1 Å². The highest BCUT2D eigenvalue weighted by Crippen LogP contribution is 2.47. The van der Waals surface area contributed by atoms with E-state index in [0.29, 0.717) is 25.1 Å². The standard InChI is InChI=1S/C27H32N2O5/c1-27(2,3)34-26(32)29-15-14-20-21(25(31)33-17-18-10-6-4-7-11-18)16-22(23(20)29)24(30)28-19-12-8-5-9-13-19/h4-13,20-23H,14-17H2,1-3H3,(H,28,30)/t20-,21?,22-,23-/m0/s1. The second-order valence-corrected chi connectivity index (χ2v) is 10.0. The third-order valence-electron chi connectivity index (χ3n) is 6.47. The lowest BCUT2D eigenvalue weighted by molar-refractivity contribution is -0.151. The van der Waals surface area contributed by atoms with E-state index in [2.05, 4.69) is 5.32 Å². The number of anilines is 1. The van der Waals surface area contributed by atoms with E-state index in [4.69, 9.17) is 9.47 Å². The highest BCUT2D eigenvalue weighted by molar-refractivity contribution is 5.94. The first-order chi connectivity index (χ1) is 16.2. The van der Waals surface area contributed by atoms with E-state index in [1.54, 1.807) is 4.90 Å². The molecule has 0 bridgehead atoms. The maximum Gasteiger partial charge on any atom is 0.410 e. The van der Waals surface area contributed by atoms with E-state index in [1.807, 2.05) is 81.4 Å². The van der Waals surface area contributed by atoms with Crippen molar-refractivity contribution < 1.29 is 23.9 Å². The molecule has 34 heavy (non-hydrogen) atoms. The Morgan fingerprint density at radius 3 is 2.26 bits per heavy atom. The molecule has 1 heterocycles. The predicted octanol–water partition coefficient (Wildman–Crippen LogP) is 4.63. The van der Waals surface area contributed by atoms with Crippen molar-refractivity contribution in [3.8, 4) is 0 Å². The molecule has 1 aliphatic heterocycles. The summed E-state index contributed by atoms with van der Waals surface area (Å²) in [6.07, 6.45) is 0.515. The van der Waals surface area contributed by atoms with E-state index in [1.165, 1.54) is 0 Å². The average Bonchev–Trinajstić information content (AvgIpc) is 3.38. The summed E-state index contributed by atoms with van der Waals surface area (Å²) in [6, 6.07) is 18.3. The number of fused-ring (bicyclic) bond motifs is 1. The van der Waals surface area contributed by atoms with E-state index in [0.717, 1.165) is 5.56 Å². The summed E-state index contributed by atoms with van der Waals surface area (Å²) >= 11 is 0. The number of esters is 1. The highest BCUT2D eigenvalue weighted by atomic mass is 16.6. The monoisotopic (exact) mass is 464 g/mol. The smallest absolute Gasteiger partial charge is 0.410 e. The van der Waals surface area contributed by atoms with Crippen LogP contribution in [0.3, 0.4) is 0 Å². The fraction of sp³-hybridized carbons (Fsp3) is 0.444. The summed E-state index contributed by atoms with van der Waals surface area (Å²) in [5.74, 6) is -1.65. The molecule has 2 amide bonds. The second-order valence-electron chi connectivity index (χ2n) is 10.0. The number of carbonyl (C=O) groups is 3. The minimum atomic E-state index is -0.649. The second kappa shape index (κ2) is 9.87. The summed E-state index contributed by atoms with van der Waals surface area (Å²) in [5.41, 5.74) is 0.940. The summed E-state index contributed by atoms with van der Waals surface area (Å²) in [6.45, 7) is 6.08. The molecule has 1 saturated carbocycles. The van der Waals surface area contributed by atoms with Gasteiger partial charge in [0.25, 0.3) is 0 Å². The first-order valence-electron chi connectivity index (χ1n) is 11.8. The molecular formula is C27H32N2O5. The topological polar surface area (TPSA) is 84.9 Å². The van der Waals surface area contributed by atoms with Crippen molar-refractivity contribution in [1.29, 1.82) is 0 Å². The third kappa shape index (κ3) is 5.41. The van der Waals surface area contributed by atoms with Gasteiger partial charge in [0.05, 0.1) is 17.9 Å². The number of nitrogens with zero attached hydrogens (tertiary/aromatic N) is 1. The summed E-state index contributed by atoms with van der Waals surface area (Å²) in [4.78, 5) is 41.0. The molecule has 2 fully saturated rings. The fourth-order valence-corrected chi connectivity index (χ4v) is 5.04. The first-order valence-corrected chi connectivity index (χ1v) is 11.8. The van der Waals surface area contributed by atoms with Crippen LogP contribution < -0.4 is 5.32 Å². The number of para-hydroxylation sites is 1. The quantitative estimate of drug-likeness (QED) is 0.652. The third-order valence-corrected chi connectivity index (χ3v) is 6.47. The minimum absolute atomic E-state index is 0.151. The van der Waals surface area contributed by atoms with Crippen molar-refractivity contribution in [1.82, 2.24) is 4.90 Å². The molecule has 7 heteroatoms. The number of hydrogen-bond acceptors (Lipinski definition) is 5. The van der Waals surface area contributed by atoms with Gasteiger partial charge in [0.15, 0.2) is 0 Å². The number of hydrogen-bond donors (Lipinski definition) is 1. The van der Waals surface area contributed by atoms with Gasteiger partial charge >= 0.3 is 12.1 Å². The van der Waals surface area contributed by atoms with Crippen molar-refractivity contribution in [3.05, 3.63) is 66.2 Å². The number of nitrogens with one attached hydrogen (secondary N) is 1. The Balaban J connectivity index is 1.52. The molecule has 180 valence electrons. The lowest BCUT2D eigenvalue weighted by atomic mass is 9.93. The summed E-state index contributed by atoms with van der Waals surface area (Å²) in [7, 11) is 0. The Labute approximate surface area is 200 Å². The lowest BCUT2D eigenvalue weighted by Gasteiger charge is -2.31. The average molecular weight is 465 g/mol. The summed E-state index contributed by atoms with van der Waals surface area (Å²) < 4.78 is 11.3. The van der Waals surface area contributed by atoms with Gasteiger partial charge in [0.2, 0.25) is 5.91 Å². The molecule has 1 saturated heterocycles. The van der Waals surface area contributed by atoms with Crippen LogP contribution in [0.15, 0.2) is 60.7 Å². The van der Waals surface area contributed by atoms with E-state index < -0.39 is 29.6 Å². The van der Waals surface area contributed by atoms with Crippen LogP contribution in [0.5, 0.6) is 0 Å². The van der Waals surface area contributed by atoms with E-state index in [9.17, 15) is 14.4 Å². The van der Waals surface area contributed by atoms with Crippen LogP contribution in [0.2, 0.25) is 0 Å². The fourth-order valence-electron chi connectivity index (χ4n) is 5.04. The maximum absolute atomic E-state index is 13.3. The maximum atomic E-state index is 13.3. The van der Waals surface area contributed by atoms with Crippen LogP contribution in [0.4, 0.5) is 10.5 Å². The van der Waals surface area contributed by atoms with Gasteiger partial charge in [0, 0.05) is 12.2 Å². The van der Waals surface area contributed by atoms with Crippen LogP contribution in [0.1, 0.15) is 39.2 Å². The van der Waals surface area contributed by atoms with Gasteiger partial charge in [-0.15, -0.1) is 0 Å². The van der Waals surface area contributed by atoms with Crippen LogP contribution >= 0.6 is 0 Å². The SMILES string of the molecule is CC(C)(C)OC(=O)N1CC[C@H]2C(C(=O)OCc3ccccc3)C[C@H](C(=O)Nc3ccccc3)[C@H]21. The largest absolute Gasteiger partial charge is 0.461 e. The number of benzene rings is 2. The van der Waals surface area contributed by atoms with Crippen molar-refractivity contribution in [2.45, 2.75) is 51.9 Å². The number of carbonyl (C=O) groups excluding carboxylic acids is 3. The molecule has 1 unspecified atom stereocenters. The molecule has 4 rings (SSSR count). The van der Waals surface area contributed by atoms with Gasteiger partial charge < -0.3 is 19.7 Å². The Morgan fingerprint density at radius 2 is 1.62 bits per heavy atom. The Kier molecular flexibility index (Phi) is 6.91. The molecule has 7 nitrogen and oxygen atoms in total. The van der Waals surface area contributed by atoms with Crippen molar-refractivity contribution >= 4 is 23.7 Å². The van der Waals surface area contributed by atoms with Crippen LogP contribution in [0.25, 0.3) is 0 Å². The highest BCUT2D eigenvalue weighted by Gasteiger charge is 2.56. The predicted molar refractivity (Wildman–Crippen MR) is 128 cm³/mol. The van der Waals surface area contributed by atoms with Crippen molar-refractivity contribution in [3.63, 3.8) is 0 Å². The van der Waals surface area contributed by atoms with Gasteiger partial charge in [-0.1, -0.05) is 48.5 Å². The Morgan fingerprint density at radius 1 is 0.971 bits per heavy atom. The Hall–Kier alpha value is -3.35. The number of likely N-dealkylation sites (tertiary alicyclic amines) is 1. The van der Waals surface area contributed by atoms with Gasteiger partial charge in [-0.2, -0.15) is 0 Å². The number of amides is 2. The Bertz CT molecular complexity index is 1020. The van der Waals surface area contributed by atoms with E-state index in [-0.39, 0.29) is 24.4 Å². The zero-order valence-electron chi connectivity index (χ0n) is 19.9. The lowest BCUT2D eigenvalue weighted by Crippen LogP contribution is -2.46. The summed E-state index contributed by atoms with van der Waals surface area (Å²) in [5, 5.41) is 2.95. The molecule has 0 aromatic heterocycles. The molecule has 0 spiro atoms. The number of rotatable bonds is 5. The van der Waals surface area contributed by atoms with Crippen LogP contribution in [0, 0.1) is 17.8 Å². The molecule has 1 N–H and O–H groups in total. The van der Waals surface area contributed by atoms with Gasteiger partial charge in [0.1, 0.15) is 12.2 Å². The molecular weight excluding hydrogens is 432 g/mol. The minimum Gasteiger partial charge on any atom is -0.461 e. The van der Waals surface area contributed by atoms with Crippen molar-refractivity contribution in [2.75, 3.05) is 11.9 Å². The first kappa shape index (κ1) is 23.8. The molecule has 2 aromatic carbocycles. The van der Waals surface area contributed by atoms with Gasteiger partial charge in [-0.25, -0.2) is 4.79 Å². The molecule has 2 aliphatic rings. The molecule has 2 aromatic rings. The van der Waals surface area contributed by atoms with Gasteiger partial charge in [-0.3, -0.25) is 9.59 Å². The van der Waals surface area contributed by atoms with Crippen LogP contribution in [-0.2, 0) is 25.7 Å². The zero-order chi connectivity index (χ0) is 24.3. The van der Waals surface area contributed by atoms with E-state index >= 15 is 0 Å². The zero-order valence-corrected chi connectivity index (χ0v) is 19.9. The molecule has 1 aliphatic carbocycles. The van der Waals surface area contributed by atoms with Gasteiger partial charge in [-0.05, 0) is 57.2 Å². The van der Waals surface area contributed by atoms with Crippen molar-refractivity contribution in [2.24, 2.45) is 17.8 Å². The number of ether oxygens (including phenoxy) is 2. The normalized spacial score (nSPS) is 23.8.